The third kappa shape index (κ3) is 2.80. The summed E-state index contributed by atoms with van der Waals surface area (Å²) in [5.74, 6) is 0.264. The minimum absolute atomic E-state index is 0.164. The van der Waals surface area contributed by atoms with Gasteiger partial charge in [-0.2, -0.15) is 0 Å². The van der Waals surface area contributed by atoms with Gasteiger partial charge in [0.15, 0.2) is 0 Å². The number of hydrogen-bond donors (Lipinski definition) is 2. The van der Waals surface area contributed by atoms with E-state index >= 15 is 0 Å². The second-order valence-corrected chi connectivity index (χ2v) is 4.85. The van der Waals surface area contributed by atoms with E-state index in [0.717, 1.165) is 13.1 Å². The lowest BCUT2D eigenvalue weighted by atomic mass is 9.98. The fourth-order valence-electron chi connectivity index (χ4n) is 2.47. The van der Waals surface area contributed by atoms with Gasteiger partial charge in [0.2, 0.25) is 11.8 Å². The van der Waals surface area contributed by atoms with Gasteiger partial charge in [0.1, 0.15) is 0 Å². The van der Waals surface area contributed by atoms with E-state index in [9.17, 15) is 9.59 Å². The molecule has 0 aromatic rings. The van der Waals surface area contributed by atoms with Gasteiger partial charge in [-0.15, -0.1) is 0 Å². The summed E-state index contributed by atoms with van der Waals surface area (Å²) >= 11 is 0. The van der Waals surface area contributed by atoms with Crippen LogP contribution in [-0.2, 0) is 9.59 Å². The van der Waals surface area contributed by atoms with Crippen molar-refractivity contribution in [2.24, 2.45) is 5.92 Å². The minimum Gasteiger partial charge on any atom is -0.306 e. The zero-order valence-corrected chi connectivity index (χ0v) is 9.66. The number of carbonyl (C=O) groups excluding carboxylic acids is 2. The number of amides is 2. The van der Waals surface area contributed by atoms with Gasteiger partial charge in [0.25, 0.3) is 0 Å². The average molecular weight is 225 g/mol. The van der Waals surface area contributed by atoms with Crippen LogP contribution in [0.25, 0.3) is 0 Å². The normalized spacial score (nSPS) is 31.8. The van der Waals surface area contributed by atoms with E-state index in [1.54, 1.807) is 0 Å². The second-order valence-electron chi connectivity index (χ2n) is 4.85. The molecular formula is C11H19N3O2. The topological polar surface area (TPSA) is 61.4 Å². The average Bonchev–Trinajstić information content (AvgIpc) is 2.54. The Morgan fingerprint density at radius 1 is 1.50 bits per heavy atom. The third-order valence-electron chi connectivity index (χ3n) is 3.34. The lowest BCUT2D eigenvalue weighted by molar-refractivity contribution is -0.125. The number of piperidine rings is 1. The Balaban J connectivity index is 1.74. The van der Waals surface area contributed by atoms with Crippen molar-refractivity contribution in [2.45, 2.75) is 25.3 Å². The minimum atomic E-state index is -0.306. The van der Waals surface area contributed by atoms with Crippen molar-refractivity contribution < 1.29 is 9.59 Å². The Hall–Kier alpha value is -0.940. The Kier molecular flexibility index (Phi) is 3.56. The van der Waals surface area contributed by atoms with Crippen molar-refractivity contribution in [1.29, 1.82) is 0 Å². The van der Waals surface area contributed by atoms with Crippen LogP contribution in [0.2, 0.25) is 0 Å². The Labute approximate surface area is 95.6 Å². The van der Waals surface area contributed by atoms with E-state index in [2.05, 4.69) is 22.6 Å². The van der Waals surface area contributed by atoms with Crippen molar-refractivity contribution in [2.75, 3.05) is 26.7 Å². The van der Waals surface area contributed by atoms with Crippen LogP contribution in [0.3, 0.4) is 0 Å². The number of nitrogens with zero attached hydrogens (tertiary/aromatic N) is 1. The summed E-state index contributed by atoms with van der Waals surface area (Å²) in [6.45, 7) is 3.07. The standard InChI is InChI=1S/C11H19N3O2/c1-14-4-2-3-8(7-14)6-12-9-5-10(15)13-11(9)16/h8-9,12H,2-7H2,1H3,(H,13,15,16)/t8-,9-/m0/s1. The molecule has 2 rings (SSSR count). The van der Waals surface area contributed by atoms with Gasteiger partial charge in [-0.25, -0.2) is 0 Å². The summed E-state index contributed by atoms with van der Waals surface area (Å²) in [6, 6.07) is -0.306. The highest BCUT2D eigenvalue weighted by atomic mass is 16.2. The molecule has 0 saturated carbocycles. The molecule has 2 amide bonds. The molecule has 0 spiro atoms. The van der Waals surface area contributed by atoms with Crippen LogP contribution in [0, 0.1) is 5.92 Å². The number of nitrogens with one attached hydrogen (secondary N) is 2. The summed E-state index contributed by atoms with van der Waals surface area (Å²) in [6.07, 6.45) is 2.72. The van der Waals surface area contributed by atoms with Crippen molar-refractivity contribution in [1.82, 2.24) is 15.5 Å². The smallest absolute Gasteiger partial charge is 0.244 e. The molecule has 2 aliphatic rings. The van der Waals surface area contributed by atoms with E-state index in [4.69, 9.17) is 0 Å². The van der Waals surface area contributed by atoms with E-state index in [0.29, 0.717) is 12.3 Å². The van der Waals surface area contributed by atoms with Crippen LogP contribution >= 0.6 is 0 Å². The summed E-state index contributed by atoms with van der Waals surface area (Å²) in [5.41, 5.74) is 0. The van der Waals surface area contributed by atoms with E-state index in [1.807, 2.05) is 0 Å². The molecular weight excluding hydrogens is 206 g/mol. The van der Waals surface area contributed by atoms with E-state index in [1.165, 1.54) is 19.4 Å². The van der Waals surface area contributed by atoms with E-state index < -0.39 is 0 Å². The quantitative estimate of drug-likeness (QED) is 0.626. The van der Waals surface area contributed by atoms with Gasteiger partial charge >= 0.3 is 0 Å². The molecule has 5 nitrogen and oxygen atoms in total. The first kappa shape index (κ1) is 11.5. The lowest BCUT2D eigenvalue weighted by Crippen LogP contribution is -2.43. The molecule has 2 aliphatic heterocycles. The zero-order valence-electron chi connectivity index (χ0n) is 9.66. The molecule has 16 heavy (non-hydrogen) atoms. The maximum atomic E-state index is 11.3. The first-order valence-corrected chi connectivity index (χ1v) is 5.91. The van der Waals surface area contributed by atoms with Gasteiger partial charge in [-0.1, -0.05) is 0 Å². The first-order valence-electron chi connectivity index (χ1n) is 5.91. The van der Waals surface area contributed by atoms with E-state index in [-0.39, 0.29) is 17.9 Å². The van der Waals surface area contributed by atoms with Crippen LogP contribution in [0.15, 0.2) is 0 Å². The Bertz CT molecular complexity index is 293. The maximum absolute atomic E-state index is 11.3. The molecule has 2 atom stereocenters. The number of carbonyl (C=O) groups is 2. The molecule has 2 heterocycles. The summed E-state index contributed by atoms with van der Waals surface area (Å²) < 4.78 is 0. The molecule has 90 valence electrons. The molecule has 0 aliphatic carbocycles. The molecule has 0 aromatic carbocycles. The monoisotopic (exact) mass is 225 g/mol. The van der Waals surface area contributed by atoms with Crippen LogP contribution in [-0.4, -0.2) is 49.4 Å². The molecule has 2 saturated heterocycles. The highest BCUT2D eigenvalue weighted by molar-refractivity contribution is 6.05. The molecule has 5 heteroatoms. The van der Waals surface area contributed by atoms with Crippen molar-refractivity contribution in [3.8, 4) is 0 Å². The SMILES string of the molecule is CN1CCC[C@@H](CN[C@H]2CC(=O)NC2=O)C1. The first-order chi connectivity index (χ1) is 7.65. The maximum Gasteiger partial charge on any atom is 0.244 e. The second kappa shape index (κ2) is 4.93. The number of likely N-dealkylation sites (tertiary alicyclic amines) is 1. The van der Waals surface area contributed by atoms with Gasteiger partial charge < -0.3 is 10.2 Å². The fraction of sp³-hybridized carbons (Fsp3) is 0.818. The highest BCUT2D eigenvalue weighted by Crippen LogP contribution is 2.14. The predicted octanol–water partition coefficient (Wildman–Crippen LogP) is -0.667. The van der Waals surface area contributed by atoms with Gasteiger partial charge in [0.05, 0.1) is 12.5 Å². The summed E-state index contributed by atoms with van der Waals surface area (Å²) in [5, 5.41) is 5.51. The van der Waals surface area contributed by atoms with Crippen LogP contribution in [0.1, 0.15) is 19.3 Å². The highest BCUT2D eigenvalue weighted by Gasteiger charge is 2.30. The third-order valence-corrected chi connectivity index (χ3v) is 3.34. The summed E-state index contributed by atoms with van der Waals surface area (Å²) in [7, 11) is 2.12. The molecule has 2 N–H and O–H groups in total. The Morgan fingerprint density at radius 3 is 2.94 bits per heavy atom. The van der Waals surface area contributed by atoms with Gasteiger partial charge in [-0.3, -0.25) is 14.9 Å². The largest absolute Gasteiger partial charge is 0.306 e. The van der Waals surface area contributed by atoms with Crippen molar-refractivity contribution in [3.63, 3.8) is 0 Å². The zero-order chi connectivity index (χ0) is 11.5. The number of hydrogen-bond acceptors (Lipinski definition) is 4. The number of rotatable bonds is 3. The van der Waals surface area contributed by atoms with Crippen molar-refractivity contribution in [3.05, 3.63) is 0 Å². The summed E-state index contributed by atoms with van der Waals surface area (Å²) in [4.78, 5) is 24.6. The van der Waals surface area contributed by atoms with Crippen molar-refractivity contribution >= 4 is 11.8 Å². The molecule has 0 radical (unpaired) electrons. The van der Waals surface area contributed by atoms with Crippen LogP contribution < -0.4 is 10.6 Å². The van der Waals surface area contributed by atoms with Crippen LogP contribution in [0.4, 0.5) is 0 Å². The fourth-order valence-corrected chi connectivity index (χ4v) is 2.47. The van der Waals surface area contributed by atoms with Gasteiger partial charge in [0, 0.05) is 6.54 Å². The number of imide groups is 1. The molecule has 2 fully saturated rings. The Morgan fingerprint density at radius 2 is 2.31 bits per heavy atom. The lowest BCUT2D eigenvalue weighted by Gasteiger charge is -2.30. The predicted molar refractivity (Wildman–Crippen MR) is 59.8 cm³/mol. The molecule has 0 unspecified atom stereocenters. The molecule has 0 aromatic heterocycles. The van der Waals surface area contributed by atoms with Crippen LogP contribution in [0.5, 0.6) is 0 Å². The van der Waals surface area contributed by atoms with Gasteiger partial charge in [-0.05, 0) is 38.9 Å². The molecule has 0 bridgehead atoms.